The zero-order valence-electron chi connectivity index (χ0n) is 24.3. The van der Waals surface area contributed by atoms with Crippen molar-refractivity contribution in [3.8, 4) is 11.5 Å². The number of hydrogen-bond donors (Lipinski definition) is 1. The summed E-state index contributed by atoms with van der Waals surface area (Å²) in [5.74, 6) is 3.12. The summed E-state index contributed by atoms with van der Waals surface area (Å²) >= 11 is 0. The summed E-state index contributed by atoms with van der Waals surface area (Å²) in [6.07, 6.45) is 3.70. The summed E-state index contributed by atoms with van der Waals surface area (Å²) in [6.45, 7) is 12.2. The smallest absolute Gasteiger partial charge is 0.276 e. The van der Waals surface area contributed by atoms with Gasteiger partial charge >= 0.3 is 0 Å². The first kappa shape index (κ1) is 29.4. The fraction of sp³-hybridized carbons (Fsp3) is 0.667. The van der Waals surface area contributed by atoms with E-state index in [2.05, 4.69) is 46.3 Å². The number of amides is 1. The Balaban J connectivity index is 1.40. The monoisotopic (exact) mass is 542 g/mol. The molecule has 1 aromatic carbocycles. The Morgan fingerprint density at radius 2 is 1.87 bits per heavy atom. The Bertz CT molecular complexity index is 1050. The standard InChI is InChI=1S/C30H46N4O5/c1-6-26-15-27(32-39-26)30(35)34(25-9-10-25)20-24-17-31-16-23(24)19-33(21(2)3)18-22-8-11-28(37-5)29(14-22)38-13-7-12-36-4/h8,11,14-15,21,23-25,31H,6-7,9-10,12-13,16-20H2,1-5H3/t23-,24?/m0/s1. The average molecular weight is 543 g/mol. The molecule has 1 amide bonds. The largest absolute Gasteiger partial charge is 0.493 e. The van der Waals surface area contributed by atoms with Crippen LogP contribution < -0.4 is 14.8 Å². The van der Waals surface area contributed by atoms with Crippen LogP contribution in [-0.2, 0) is 17.7 Å². The molecule has 1 saturated carbocycles. The lowest BCUT2D eigenvalue weighted by molar-refractivity contribution is 0.0679. The second-order valence-electron chi connectivity index (χ2n) is 11.1. The van der Waals surface area contributed by atoms with E-state index in [4.69, 9.17) is 18.7 Å². The van der Waals surface area contributed by atoms with Gasteiger partial charge in [-0.3, -0.25) is 9.69 Å². The van der Waals surface area contributed by atoms with Gasteiger partial charge < -0.3 is 29.0 Å². The van der Waals surface area contributed by atoms with Gasteiger partial charge in [0, 0.05) is 70.9 Å². The molecule has 2 atom stereocenters. The number of carbonyl (C=O) groups is 1. The Kier molecular flexibility index (Phi) is 10.6. The minimum absolute atomic E-state index is 0.00331. The van der Waals surface area contributed by atoms with E-state index in [0.29, 0.717) is 42.8 Å². The van der Waals surface area contributed by atoms with Crippen LogP contribution in [0.1, 0.15) is 61.8 Å². The third-order valence-corrected chi connectivity index (χ3v) is 7.85. The number of rotatable bonds is 16. The van der Waals surface area contributed by atoms with Crippen molar-refractivity contribution < 1.29 is 23.5 Å². The maximum atomic E-state index is 13.4. The molecule has 1 aliphatic heterocycles. The minimum atomic E-state index is 0.00331. The Morgan fingerprint density at radius 3 is 2.51 bits per heavy atom. The van der Waals surface area contributed by atoms with Crippen molar-refractivity contribution in [1.29, 1.82) is 0 Å². The number of carbonyl (C=O) groups excluding carboxylic acids is 1. The molecule has 1 unspecified atom stereocenters. The van der Waals surface area contributed by atoms with Crippen LogP contribution in [0.4, 0.5) is 0 Å². The van der Waals surface area contributed by atoms with Crippen molar-refractivity contribution in [3.05, 3.63) is 41.3 Å². The molecule has 39 heavy (non-hydrogen) atoms. The fourth-order valence-corrected chi connectivity index (χ4v) is 5.29. The van der Waals surface area contributed by atoms with Gasteiger partial charge in [-0.25, -0.2) is 0 Å². The lowest BCUT2D eigenvalue weighted by Gasteiger charge is -2.33. The molecule has 2 aromatic rings. The average Bonchev–Trinajstić information content (AvgIpc) is 3.49. The minimum Gasteiger partial charge on any atom is -0.493 e. The van der Waals surface area contributed by atoms with Crippen molar-refractivity contribution >= 4 is 5.91 Å². The number of nitrogens with zero attached hydrogens (tertiary/aromatic N) is 3. The van der Waals surface area contributed by atoms with E-state index < -0.39 is 0 Å². The van der Waals surface area contributed by atoms with Crippen LogP contribution in [0.25, 0.3) is 0 Å². The van der Waals surface area contributed by atoms with Crippen LogP contribution >= 0.6 is 0 Å². The highest BCUT2D eigenvalue weighted by molar-refractivity contribution is 5.92. The molecule has 4 rings (SSSR count). The summed E-state index contributed by atoms with van der Waals surface area (Å²) in [7, 11) is 3.37. The lowest BCUT2D eigenvalue weighted by atomic mass is 9.93. The highest BCUT2D eigenvalue weighted by Gasteiger charge is 2.39. The molecule has 9 heteroatoms. The Labute approximate surface area is 233 Å². The third-order valence-electron chi connectivity index (χ3n) is 7.85. The molecular formula is C30H46N4O5. The van der Waals surface area contributed by atoms with Gasteiger partial charge in [-0.1, -0.05) is 18.1 Å². The van der Waals surface area contributed by atoms with Crippen LogP contribution in [0, 0.1) is 11.8 Å². The molecule has 2 heterocycles. The van der Waals surface area contributed by atoms with Gasteiger partial charge in [-0.05, 0) is 62.8 Å². The highest BCUT2D eigenvalue weighted by Crippen LogP contribution is 2.32. The fourth-order valence-electron chi connectivity index (χ4n) is 5.29. The van der Waals surface area contributed by atoms with Gasteiger partial charge in [0.2, 0.25) is 0 Å². The van der Waals surface area contributed by atoms with E-state index in [0.717, 1.165) is 75.7 Å². The molecule has 216 valence electrons. The maximum Gasteiger partial charge on any atom is 0.276 e. The molecule has 0 radical (unpaired) electrons. The van der Waals surface area contributed by atoms with E-state index in [1.54, 1.807) is 20.3 Å². The number of benzene rings is 1. The first-order valence-electron chi connectivity index (χ1n) is 14.4. The zero-order chi connectivity index (χ0) is 27.8. The van der Waals surface area contributed by atoms with Crippen molar-refractivity contribution in [2.24, 2.45) is 11.8 Å². The zero-order valence-corrected chi connectivity index (χ0v) is 24.3. The van der Waals surface area contributed by atoms with Gasteiger partial charge in [-0.2, -0.15) is 0 Å². The van der Waals surface area contributed by atoms with Gasteiger partial charge in [0.15, 0.2) is 17.2 Å². The Hall–Kier alpha value is -2.62. The first-order chi connectivity index (χ1) is 18.9. The number of aromatic nitrogens is 1. The summed E-state index contributed by atoms with van der Waals surface area (Å²) in [5.41, 5.74) is 1.63. The van der Waals surface area contributed by atoms with Crippen molar-refractivity contribution in [2.75, 3.05) is 53.6 Å². The highest BCUT2D eigenvalue weighted by atomic mass is 16.5. The topological polar surface area (TPSA) is 89.3 Å². The number of ether oxygens (including phenoxy) is 3. The molecule has 2 fully saturated rings. The number of hydrogen-bond acceptors (Lipinski definition) is 8. The second-order valence-corrected chi connectivity index (χ2v) is 11.1. The van der Waals surface area contributed by atoms with E-state index in [1.165, 1.54) is 5.56 Å². The Morgan fingerprint density at radius 1 is 1.10 bits per heavy atom. The third kappa shape index (κ3) is 7.96. The molecule has 2 aliphatic rings. The summed E-state index contributed by atoms with van der Waals surface area (Å²) in [6, 6.07) is 8.71. The molecule has 1 N–H and O–H groups in total. The van der Waals surface area contributed by atoms with E-state index in [-0.39, 0.29) is 5.91 Å². The maximum absolute atomic E-state index is 13.4. The predicted octanol–water partition coefficient (Wildman–Crippen LogP) is 4.01. The molecule has 0 spiro atoms. The van der Waals surface area contributed by atoms with Crippen LogP contribution in [0.2, 0.25) is 0 Å². The number of methoxy groups -OCH3 is 2. The number of aryl methyl sites for hydroxylation is 1. The molecular weight excluding hydrogens is 496 g/mol. The van der Waals surface area contributed by atoms with Crippen LogP contribution in [-0.4, -0.2) is 86.6 Å². The summed E-state index contributed by atoms with van der Waals surface area (Å²) in [4.78, 5) is 17.9. The van der Waals surface area contributed by atoms with Gasteiger partial charge in [0.05, 0.1) is 13.7 Å². The molecule has 9 nitrogen and oxygen atoms in total. The van der Waals surface area contributed by atoms with Crippen LogP contribution in [0.15, 0.2) is 28.8 Å². The van der Waals surface area contributed by atoms with Crippen molar-refractivity contribution in [3.63, 3.8) is 0 Å². The summed E-state index contributed by atoms with van der Waals surface area (Å²) < 4.78 is 22.0. The second kappa shape index (κ2) is 14.1. The first-order valence-corrected chi connectivity index (χ1v) is 14.4. The van der Waals surface area contributed by atoms with Gasteiger partial charge in [0.1, 0.15) is 5.76 Å². The normalized spacial score (nSPS) is 19.2. The van der Waals surface area contributed by atoms with E-state index >= 15 is 0 Å². The summed E-state index contributed by atoms with van der Waals surface area (Å²) in [5, 5.41) is 7.66. The molecule has 0 bridgehead atoms. The quantitative estimate of drug-likeness (QED) is 0.318. The molecule has 1 aliphatic carbocycles. The van der Waals surface area contributed by atoms with Gasteiger partial charge in [0.25, 0.3) is 5.91 Å². The van der Waals surface area contributed by atoms with Crippen molar-refractivity contribution in [2.45, 2.75) is 65.1 Å². The predicted molar refractivity (Wildman–Crippen MR) is 150 cm³/mol. The SMILES string of the molecule is CCc1cc(C(=O)N(CC2CNC[C@H]2CN(Cc2ccc(OC)c(OCCCOC)c2)C(C)C)C2CC2)no1. The van der Waals surface area contributed by atoms with Crippen molar-refractivity contribution in [1.82, 2.24) is 20.3 Å². The van der Waals surface area contributed by atoms with Crippen LogP contribution in [0.3, 0.4) is 0 Å². The molecule has 1 saturated heterocycles. The van der Waals surface area contributed by atoms with E-state index in [1.807, 2.05) is 13.0 Å². The number of nitrogens with one attached hydrogen (secondary N) is 1. The van der Waals surface area contributed by atoms with E-state index in [9.17, 15) is 4.79 Å². The lowest BCUT2D eigenvalue weighted by Crippen LogP contribution is -2.42. The van der Waals surface area contributed by atoms with Crippen LogP contribution in [0.5, 0.6) is 11.5 Å². The van der Waals surface area contributed by atoms with Gasteiger partial charge in [-0.15, -0.1) is 0 Å². The molecule has 1 aromatic heterocycles.